The lowest BCUT2D eigenvalue weighted by Crippen LogP contribution is -2.16. The molecule has 15 heavy (non-hydrogen) atoms. The van der Waals surface area contributed by atoms with Gasteiger partial charge >= 0.3 is 0 Å². The molecule has 0 saturated heterocycles. The summed E-state index contributed by atoms with van der Waals surface area (Å²) in [5.41, 5.74) is 7.10. The number of rotatable bonds is 6. The van der Waals surface area contributed by atoms with Crippen molar-refractivity contribution >= 4 is 11.6 Å². The number of nitrogens with two attached hydrogens (primary N) is 1. The van der Waals surface area contributed by atoms with Crippen LogP contribution in [0.15, 0.2) is 24.3 Å². The normalized spacial score (nSPS) is 12.7. The molecule has 0 radical (unpaired) electrons. The molecule has 1 aromatic rings. The summed E-state index contributed by atoms with van der Waals surface area (Å²) >= 11 is 5.84. The topological polar surface area (TPSA) is 26.0 Å². The van der Waals surface area contributed by atoms with E-state index in [4.69, 9.17) is 17.3 Å². The summed E-state index contributed by atoms with van der Waals surface area (Å²) in [6.45, 7) is 3.00. The lowest BCUT2D eigenvalue weighted by atomic mass is 9.94. The lowest BCUT2D eigenvalue weighted by molar-refractivity contribution is 0.472. The van der Waals surface area contributed by atoms with Gasteiger partial charge in [0, 0.05) is 5.02 Å². The highest BCUT2D eigenvalue weighted by Crippen LogP contribution is 2.16. The summed E-state index contributed by atoms with van der Waals surface area (Å²) in [6, 6.07) is 8.09. The van der Waals surface area contributed by atoms with Gasteiger partial charge in [0.05, 0.1) is 0 Å². The van der Waals surface area contributed by atoms with E-state index < -0.39 is 0 Å². The van der Waals surface area contributed by atoms with Crippen LogP contribution >= 0.6 is 11.6 Å². The van der Waals surface area contributed by atoms with E-state index in [1.807, 2.05) is 12.1 Å². The van der Waals surface area contributed by atoms with Gasteiger partial charge in [0.1, 0.15) is 0 Å². The van der Waals surface area contributed by atoms with Crippen LogP contribution < -0.4 is 5.73 Å². The molecule has 1 aromatic carbocycles. The summed E-state index contributed by atoms with van der Waals surface area (Å²) in [7, 11) is 0. The van der Waals surface area contributed by atoms with Crippen molar-refractivity contribution in [3.8, 4) is 0 Å². The first-order valence-electron chi connectivity index (χ1n) is 5.70. The Bertz CT molecular complexity index is 268. The van der Waals surface area contributed by atoms with Crippen LogP contribution in [0.4, 0.5) is 0 Å². The fourth-order valence-electron chi connectivity index (χ4n) is 1.75. The van der Waals surface area contributed by atoms with E-state index in [2.05, 4.69) is 19.1 Å². The quantitative estimate of drug-likeness (QED) is 0.786. The minimum Gasteiger partial charge on any atom is -0.330 e. The van der Waals surface area contributed by atoms with Crippen LogP contribution in [0.5, 0.6) is 0 Å². The van der Waals surface area contributed by atoms with E-state index in [1.54, 1.807) is 0 Å². The average molecular weight is 226 g/mol. The van der Waals surface area contributed by atoms with Gasteiger partial charge in [0.15, 0.2) is 0 Å². The van der Waals surface area contributed by atoms with Crippen molar-refractivity contribution in [3.05, 3.63) is 34.9 Å². The SMILES string of the molecule is CCCCC(CN)Cc1ccc(Cl)cc1. The van der Waals surface area contributed by atoms with Gasteiger partial charge in [-0.1, -0.05) is 43.5 Å². The Hall–Kier alpha value is -0.530. The third-order valence-corrected chi connectivity index (χ3v) is 2.99. The molecule has 0 aromatic heterocycles. The molecule has 1 rings (SSSR count). The van der Waals surface area contributed by atoms with Crippen molar-refractivity contribution < 1.29 is 0 Å². The number of halogens is 1. The summed E-state index contributed by atoms with van der Waals surface area (Å²) in [6.07, 6.45) is 4.83. The highest BCUT2D eigenvalue weighted by molar-refractivity contribution is 6.30. The lowest BCUT2D eigenvalue weighted by Gasteiger charge is -2.14. The van der Waals surface area contributed by atoms with Crippen LogP contribution in [0, 0.1) is 5.92 Å². The molecule has 2 N–H and O–H groups in total. The Labute approximate surface area is 97.6 Å². The van der Waals surface area contributed by atoms with Crippen molar-refractivity contribution in [2.24, 2.45) is 11.7 Å². The standard InChI is InChI=1S/C13H20ClN/c1-2-3-4-12(10-15)9-11-5-7-13(14)8-6-11/h5-8,12H,2-4,9-10,15H2,1H3. The Morgan fingerprint density at radius 2 is 1.93 bits per heavy atom. The molecule has 1 atom stereocenters. The summed E-state index contributed by atoms with van der Waals surface area (Å²) in [5, 5.41) is 0.802. The molecule has 2 heteroatoms. The van der Waals surface area contributed by atoms with E-state index >= 15 is 0 Å². The highest BCUT2D eigenvalue weighted by atomic mass is 35.5. The predicted octanol–water partition coefficient (Wildman–Crippen LogP) is 3.65. The second-order valence-electron chi connectivity index (χ2n) is 4.07. The molecule has 0 saturated carbocycles. The highest BCUT2D eigenvalue weighted by Gasteiger charge is 2.06. The molecule has 1 unspecified atom stereocenters. The molecule has 84 valence electrons. The summed E-state index contributed by atoms with van der Waals surface area (Å²) in [4.78, 5) is 0. The summed E-state index contributed by atoms with van der Waals surface area (Å²) in [5.74, 6) is 0.617. The van der Waals surface area contributed by atoms with E-state index in [1.165, 1.54) is 24.8 Å². The fraction of sp³-hybridized carbons (Fsp3) is 0.538. The molecular weight excluding hydrogens is 206 g/mol. The first kappa shape index (κ1) is 12.5. The first-order chi connectivity index (χ1) is 7.26. The molecule has 1 nitrogen and oxygen atoms in total. The van der Waals surface area contributed by atoms with E-state index in [-0.39, 0.29) is 0 Å². The molecule has 0 amide bonds. The van der Waals surface area contributed by atoms with Crippen molar-refractivity contribution in [1.29, 1.82) is 0 Å². The van der Waals surface area contributed by atoms with Gasteiger partial charge in [-0.15, -0.1) is 0 Å². The van der Waals surface area contributed by atoms with Crippen LogP contribution in [0.2, 0.25) is 5.02 Å². The minimum absolute atomic E-state index is 0.617. The fourth-order valence-corrected chi connectivity index (χ4v) is 1.88. The minimum atomic E-state index is 0.617. The molecule has 0 fully saturated rings. The van der Waals surface area contributed by atoms with Crippen molar-refractivity contribution in [2.75, 3.05) is 6.54 Å². The predicted molar refractivity (Wildman–Crippen MR) is 67.2 cm³/mol. The zero-order valence-corrected chi connectivity index (χ0v) is 10.1. The number of benzene rings is 1. The second-order valence-corrected chi connectivity index (χ2v) is 4.51. The van der Waals surface area contributed by atoms with Crippen molar-refractivity contribution in [3.63, 3.8) is 0 Å². The van der Waals surface area contributed by atoms with Crippen LogP contribution in [0.1, 0.15) is 31.7 Å². The number of unbranched alkanes of at least 4 members (excludes halogenated alkanes) is 1. The molecular formula is C13H20ClN. The molecule has 0 aliphatic carbocycles. The molecule has 0 heterocycles. The number of hydrogen-bond donors (Lipinski definition) is 1. The number of hydrogen-bond acceptors (Lipinski definition) is 1. The maximum Gasteiger partial charge on any atom is 0.0406 e. The zero-order chi connectivity index (χ0) is 11.1. The third-order valence-electron chi connectivity index (χ3n) is 2.74. The molecule has 0 spiro atoms. The van der Waals surface area contributed by atoms with Gasteiger partial charge in [0.2, 0.25) is 0 Å². The smallest absolute Gasteiger partial charge is 0.0406 e. The van der Waals surface area contributed by atoms with Crippen LogP contribution in [-0.2, 0) is 6.42 Å². The van der Waals surface area contributed by atoms with Crippen molar-refractivity contribution in [2.45, 2.75) is 32.6 Å². The largest absolute Gasteiger partial charge is 0.330 e. The Morgan fingerprint density at radius 1 is 1.27 bits per heavy atom. The van der Waals surface area contributed by atoms with Gasteiger partial charge in [-0.05, 0) is 43.0 Å². The summed E-state index contributed by atoms with van der Waals surface area (Å²) < 4.78 is 0. The Morgan fingerprint density at radius 3 is 2.47 bits per heavy atom. The monoisotopic (exact) mass is 225 g/mol. The molecule has 0 aliphatic rings. The van der Waals surface area contributed by atoms with Crippen molar-refractivity contribution in [1.82, 2.24) is 0 Å². The Balaban J connectivity index is 2.47. The van der Waals surface area contributed by atoms with E-state index in [9.17, 15) is 0 Å². The average Bonchev–Trinajstić information content (AvgIpc) is 2.27. The molecule has 0 bridgehead atoms. The Kier molecular flexibility index (Phi) is 5.74. The van der Waals surface area contributed by atoms with Gasteiger partial charge in [-0.2, -0.15) is 0 Å². The first-order valence-corrected chi connectivity index (χ1v) is 6.08. The van der Waals surface area contributed by atoms with Crippen LogP contribution in [-0.4, -0.2) is 6.54 Å². The second kappa shape index (κ2) is 6.86. The zero-order valence-electron chi connectivity index (χ0n) is 9.38. The maximum absolute atomic E-state index is 5.84. The van der Waals surface area contributed by atoms with Gasteiger partial charge < -0.3 is 5.73 Å². The van der Waals surface area contributed by atoms with E-state index in [0.29, 0.717) is 5.92 Å². The third kappa shape index (κ3) is 4.67. The van der Waals surface area contributed by atoms with E-state index in [0.717, 1.165) is 18.0 Å². The van der Waals surface area contributed by atoms with Gasteiger partial charge in [0.25, 0.3) is 0 Å². The van der Waals surface area contributed by atoms with Gasteiger partial charge in [-0.3, -0.25) is 0 Å². The van der Waals surface area contributed by atoms with Crippen LogP contribution in [0.25, 0.3) is 0 Å². The van der Waals surface area contributed by atoms with Gasteiger partial charge in [-0.25, -0.2) is 0 Å². The van der Waals surface area contributed by atoms with Crippen LogP contribution in [0.3, 0.4) is 0 Å². The molecule has 0 aliphatic heterocycles. The maximum atomic E-state index is 5.84.